The van der Waals surface area contributed by atoms with Crippen molar-refractivity contribution in [3.8, 4) is 0 Å². The highest BCUT2D eigenvalue weighted by Crippen LogP contribution is 2.29. The minimum absolute atomic E-state index is 0.211. The lowest BCUT2D eigenvalue weighted by Gasteiger charge is -2.28. The van der Waals surface area contributed by atoms with E-state index < -0.39 is 11.7 Å². The fraction of sp³-hybridized carbons (Fsp3) is 0.529. The molecule has 1 aromatic carbocycles. The maximum Gasteiger partial charge on any atom is 0.271 e. The lowest BCUT2D eigenvalue weighted by Crippen LogP contribution is -2.35. The first kappa shape index (κ1) is 19.7. The summed E-state index contributed by atoms with van der Waals surface area (Å²) in [6, 6.07) is 2.87. The van der Waals surface area contributed by atoms with E-state index in [4.69, 9.17) is 5.41 Å². The highest BCUT2D eigenvalue weighted by atomic mass is 32.2. The zero-order valence-electron chi connectivity index (χ0n) is 14.7. The van der Waals surface area contributed by atoms with Crippen molar-refractivity contribution < 1.29 is 14.4 Å². The summed E-state index contributed by atoms with van der Waals surface area (Å²) in [6.45, 7) is 3.83. The van der Waals surface area contributed by atoms with Crippen molar-refractivity contribution in [3.63, 3.8) is 0 Å². The van der Waals surface area contributed by atoms with E-state index in [-0.39, 0.29) is 17.3 Å². The van der Waals surface area contributed by atoms with E-state index in [9.17, 15) is 14.4 Å². The van der Waals surface area contributed by atoms with Gasteiger partial charge >= 0.3 is 0 Å². The Morgan fingerprint density at radius 3 is 2.52 bits per heavy atom. The smallest absolute Gasteiger partial charge is 0.271 e. The Labute approximate surface area is 151 Å². The second kappa shape index (κ2) is 8.64. The number of rotatable bonds is 6. The third kappa shape index (κ3) is 5.17. The molecule has 1 aliphatic carbocycles. The Bertz CT molecular complexity index is 648. The van der Waals surface area contributed by atoms with Crippen LogP contribution in [0.25, 0.3) is 0 Å². The van der Waals surface area contributed by atoms with Crippen LogP contribution in [0.3, 0.4) is 0 Å². The summed E-state index contributed by atoms with van der Waals surface area (Å²) in [4.78, 5) is 12.1. The zero-order valence-corrected chi connectivity index (χ0v) is 15.5. The van der Waals surface area contributed by atoms with Gasteiger partial charge < -0.3 is 10.7 Å². The Kier molecular flexibility index (Phi) is 6.80. The summed E-state index contributed by atoms with van der Waals surface area (Å²) in [5.41, 5.74) is 3.19. The molecule has 0 radical (unpaired) electrons. The van der Waals surface area contributed by atoms with Gasteiger partial charge in [-0.3, -0.25) is 15.4 Å². The highest BCUT2D eigenvalue weighted by Gasteiger charge is 2.22. The zero-order chi connectivity index (χ0) is 18.6. The molecule has 0 spiro atoms. The number of hydrogen-bond acceptors (Lipinski definition) is 6. The maximum absolute atomic E-state index is 14.4. The van der Waals surface area contributed by atoms with E-state index in [2.05, 4.69) is 17.7 Å². The molecule has 4 N–H and O–H groups in total. The molecule has 1 aliphatic rings. The van der Waals surface area contributed by atoms with Gasteiger partial charge in [0, 0.05) is 29.3 Å². The summed E-state index contributed by atoms with van der Waals surface area (Å²) in [5, 5.41) is 20.6. The second-order valence-electron chi connectivity index (χ2n) is 6.50. The number of carbonyl (C=O) groups is 1. The first-order valence-electron chi connectivity index (χ1n) is 8.31. The summed E-state index contributed by atoms with van der Waals surface area (Å²) in [6.07, 6.45) is 5.83. The van der Waals surface area contributed by atoms with Crippen LogP contribution in [0, 0.1) is 17.1 Å². The van der Waals surface area contributed by atoms with Crippen molar-refractivity contribution in [2.24, 2.45) is 5.92 Å². The molecular formula is C17H25FN4O2S. The van der Waals surface area contributed by atoms with E-state index in [0.717, 1.165) is 37.6 Å². The average Bonchev–Trinajstić information content (AvgIpc) is 2.56. The summed E-state index contributed by atoms with van der Waals surface area (Å²) in [7, 11) is 0. The number of carbonyl (C=O) groups excluding carboxylic acids is 1. The van der Waals surface area contributed by atoms with Crippen molar-refractivity contribution >= 4 is 29.3 Å². The molecule has 0 aromatic heterocycles. The molecule has 1 amide bonds. The molecule has 1 aromatic rings. The normalized spacial score (nSPS) is 20.4. The highest BCUT2D eigenvalue weighted by molar-refractivity contribution is 7.96. The monoisotopic (exact) mass is 368 g/mol. The van der Waals surface area contributed by atoms with E-state index in [1.165, 1.54) is 12.1 Å². The lowest BCUT2D eigenvalue weighted by molar-refractivity contribution is -0.0242. The van der Waals surface area contributed by atoms with Gasteiger partial charge in [0.25, 0.3) is 5.91 Å². The minimum atomic E-state index is -0.769. The minimum Gasteiger partial charge on any atom is -0.382 e. The van der Waals surface area contributed by atoms with Crippen molar-refractivity contribution in [2.75, 3.05) is 11.6 Å². The standard InChI is InChI=1S/C17H25FN4O2S/c1-10-4-6-12(7-5-10)20-16-9-15(18)14(8-13(16)11(2)19)17(23)21-22(24)25-3/h8-10,12,19-20,24H,4-7H2,1-3H3,(H,21,23). The molecule has 6 nitrogen and oxygen atoms in total. The van der Waals surface area contributed by atoms with E-state index in [0.29, 0.717) is 21.7 Å². The molecule has 138 valence electrons. The maximum atomic E-state index is 14.4. The Balaban J connectivity index is 2.24. The van der Waals surface area contributed by atoms with Crippen LogP contribution in [0.1, 0.15) is 55.5 Å². The van der Waals surface area contributed by atoms with E-state index in [1.54, 1.807) is 13.2 Å². The van der Waals surface area contributed by atoms with Crippen LogP contribution in [0.15, 0.2) is 12.1 Å². The predicted octanol–water partition coefficient (Wildman–Crippen LogP) is 3.82. The fourth-order valence-electron chi connectivity index (χ4n) is 2.99. The van der Waals surface area contributed by atoms with Crippen LogP contribution in [-0.2, 0) is 0 Å². The first-order chi connectivity index (χ1) is 11.8. The molecule has 0 aliphatic heterocycles. The van der Waals surface area contributed by atoms with Crippen LogP contribution >= 0.6 is 11.9 Å². The van der Waals surface area contributed by atoms with Gasteiger partial charge in [-0.25, -0.2) is 4.39 Å². The van der Waals surface area contributed by atoms with Gasteiger partial charge in [-0.05, 0) is 67.2 Å². The molecule has 1 fully saturated rings. The molecule has 0 unspecified atom stereocenters. The van der Waals surface area contributed by atoms with Crippen LogP contribution < -0.4 is 10.7 Å². The SMILES string of the molecule is CSN(O)NC(=O)c1cc(C(C)=N)c(NC2CCC(C)CC2)cc1F. The molecule has 0 heterocycles. The van der Waals surface area contributed by atoms with Gasteiger partial charge in [-0.2, -0.15) is 0 Å². The van der Waals surface area contributed by atoms with E-state index in [1.807, 2.05) is 0 Å². The quantitative estimate of drug-likeness (QED) is 0.348. The number of anilines is 1. The first-order valence-corrected chi connectivity index (χ1v) is 9.49. The number of nitrogens with zero attached hydrogens (tertiary/aromatic N) is 1. The summed E-state index contributed by atoms with van der Waals surface area (Å²) >= 11 is 0.871. The Morgan fingerprint density at radius 1 is 1.32 bits per heavy atom. The Morgan fingerprint density at radius 2 is 1.96 bits per heavy atom. The van der Waals surface area contributed by atoms with Crippen molar-refractivity contribution in [1.82, 2.24) is 10.0 Å². The molecule has 0 bridgehead atoms. The van der Waals surface area contributed by atoms with Crippen molar-refractivity contribution in [1.29, 1.82) is 5.41 Å². The topological polar surface area (TPSA) is 88.5 Å². The number of nitrogens with one attached hydrogen (secondary N) is 3. The van der Waals surface area contributed by atoms with Crippen molar-refractivity contribution in [3.05, 3.63) is 29.1 Å². The van der Waals surface area contributed by atoms with Gasteiger partial charge in [0.2, 0.25) is 0 Å². The third-order valence-electron chi connectivity index (χ3n) is 4.50. The predicted molar refractivity (Wildman–Crippen MR) is 98.6 cm³/mol. The van der Waals surface area contributed by atoms with Crippen LogP contribution in [-0.4, -0.2) is 33.7 Å². The number of hydrogen-bond donors (Lipinski definition) is 4. The second-order valence-corrected chi connectivity index (χ2v) is 7.21. The number of benzene rings is 1. The van der Waals surface area contributed by atoms with Gasteiger partial charge in [0.1, 0.15) is 5.82 Å². The van der Waals surface area contributed by atoms with Crippen LogP contribution in [0.2, 0.25) is 0 Å². The van der Waals surface area contributed by atoms with Gasteiger partial charge in [0.15, 0.2) is 0 Å². The third-order valence-corrected chi connectivity index (χ3v) is 4.94. The number of hydrazine groups is 1. The van der Waals surface area contributed by atoms with Crippen molar-refractivity contribution in [2.45, 2.75) is 45.6 Å². The summed E-state index contributed by atoms with van der Waals surface area (Å²) in [5.74, 6) is -0.749. The molecule has 25 heavy (non-hydrogen) atoms. The number of amides is 1. The molecule has 2 rings (SSSR count). The van der Waals surface area contributed by atoms with Gasteiger partial charge in [-0.1, -0.05) is 6.92 Å². The Hall–Kier alpha value is -1.64. The van der Waals surface area contributed by atoms with Gasteiger partial charge in [-0.15, -0.1) is 0 Å². The van der Waals surface area contributed by atoms with Gasteiger partial charge in [0.05, 0.1) is 5.56 Å². The largest absolute Gasteiger partial charge is 0.382 e. The van der Waals surface area contributed by atoms with E-state index >= 15 is 0 Å². The molecular weight excluding hydrogens is 343 g/mol. The number of halogens is 1. The fourth-order valence-corrected chi connectivity index (χ4v) is 3.17. The summed E-state index contributed by atoms with van der Waals surface area (Å²) < 4.78 is 14.9. The average molecular weight is 368 g/mol. The van der Waals surface area contributed by atoms with Crippen LogP contribution in [0.5, 0.6) is 0 Å². The molecule has 8 heteroatoms. The molecule has 1 saturated carbocycles. The molecule has 0 saturated heterocycles. The molecule has 0 atom stereocenters. The lowest BCUT2D eigenvalue weighted by atomic mass is 9.87. The van der Waals surface area contributed by atoms with Crippen LogP contribution in [0.4, 0.5) is 10.1 Å².